The molecule has 1 N–H and O–H groups in total. The average Bonchev–Trinajstić information content (AvgIpc) is 2.67. The molecule has 1 aliphatic heterocycles. The van der Waals surface area contributed by atoms with Gasteiger partial charge in [-0.25, -0.2) is 0 Å². The molecule has 5 heteroatoms. The number of amides is 1. The maximum atomic E-state index is 12.3. The van der Waals surface area contributed by atoms with Crippen LogP contribution in [0, 0.1) is 17.2 Å². The van der Waals surface area contributed by atoms with E-state index in [2.05, 4.69) is 21.3 Å². The van der Waals surface area contributed by atoms with Gasteiger partial charge in [0.15, 0.2) is 0 Å². The standard InChI is InChI=1S/C19H20N4O/c20-12-15-3-5-18(6-4-15)23-10-7-17(8-11-23)19(24)22-14-16-2-1-9-21-13-16/h1-6,9,13,17H,7-8,10-11,14H2,(H,22,24). The number of nitriles is 1. The molecule has 0 radical (unpaired) electrons. The molecule has 24 heavy (non-hydrogen) atoms. The first-order valence-corrected chi connectivity index (χ1v) is 8.18. The maximum absolute atomic E-state index is 12.3. The molecular formula is C19H20N4O. The molecule has 2 aromatic rings. The van der Waals surface area contributed by atoms with Gasteiger partial charge in [0, 0.05) is 43.6 Å². The van der Waals surface area contributed by atoms with E-state index in [-0.39, 0.29) is 11.8 Å². The Kier molecular flexibility index (Phi) is 5.07. The number of carbonyl (C=O) groups is 1. The van der Waals surface area contributed by atoms with Crippen LogP contribution >= 0.6 is 0 Å². The highest BCUT2D eigenvalue weighted by Crippen LogP contribution is 2.23. The lowest BCUT2D eigenvalue weighted by Crippen LogP contribution is -2.40. The Balaban J connectivity index is 1.49. The van der Waals surface area contributed by atoms with Crippen molar-refractivity contribution in [2.24, 2.45) is 5.92 Å². The SMILES string of the molecule is N#Cc1ccc(N2CCC(C(=O)NCc3cccnc3)CC2)cc1. The van der Waals surface area contributed by atoms with Gasteiger partial charge in [0.1, 0.15) is 0 Å². The van der Waals surface area contributed by atoms with Crippen LogP contribution in [0.1, 0.15) is 24.0 Å². The average molecular weight is 320 g/mol. The van der Waals surface area contributed by atoms with Crippen molar-refractivity contribution in [3.8, 4) is 6.07 Å². The molecule has 1 aromatic heterocycles. The van der Waals surface area contributed by atoms with E-state index in [4.69, 9.17) is 5.26 Å². The molecule has 0 aliphatic carbocycles. The van der Waals surface area contributed by atoms with Crippen LogP contribution in [0.15, 0.2) is 48.8 Å². The normalized spacial score (nSPS) is 14.9. The fraction of sp³-hybridized carbons (Fsp3) is 0.316. The zero-order chi connectivity index (χ0) is 16.8. The summed E-state index contributed by atoms with van der Waals surface area (Å²) in [4.78, 5) is 18.6. The van der Waals surface area contributed by atoms with Crippen LogP contribution in [0.4, 0.5) is 5.69 Å². The van der Waals surface area contributed by atoms with Crippen molar-refractivity contribution in [3.63, 3.8) is 0 Å². The molecule has 1 saturated heterocycles. The van der Waals surface area contributed by atoms with Gasteiger partial charge in [0.05, 0.1) is 11.6 Å². The highest BCUT2D eigenvalue weighted by molar-refractivity contribution is 5.79. The number of piperidine rings is 1. The van der Waals surface area contributed by atoms with E-state index in [0.29, 0.717) is 12.1 Å². The van der Waals surface area contributed by atoms with E-state index in [1.807, 2.05) is 36.4 Å². The minimum Gasteiger partial charge on any atom is -0.371 e. The van der Waals surface area contributed by atoms with Gasteiger partial charge in [0.2, 0.25) is 5.91 Å². The smallest absolute Gasteiger partial charge is 0.223 e. The van der Waals surface area contributed by atoms with Crippen molar-refractivity contribution < 1.29 is 4.79 Å². The van der Waals surface area contributed by atoms with Crippen LogP contribution < -0.4 is 10.2 Å². The maximum Gasteiger partial charge on any atom is 0.223 e. The molecule has 1 fully saturated rings. The zero-order valence-electron chi connectivity index (χ0n) is 13.5. The summed E-state index contributed by atoms with van der Waals surface area (Å²) in [5, 5.41) is 11.9. The summed E-state index contributed by atoms with van der Waals surface area (Å²) in [6, 6.07) is 13.6. The number of pyridine rings is 1. The van der Waals surface area contributed by atoms with Crippen molar-refractivity contribution >= 4 is 11.6 Å². The van der Waals surface area contributed by atoms with E-state index in [1.165, 1.54) is 0 Å². The van der Waals surface area contributed by atoms with E-state index in [0.717, 1.165) is 37.2 Å². The van der Waals surface area contributed by atoms with Gasteiger partial charge in [-0.2, -0.15) is 5.26 Å². The third-order valence-electron chi connectivity index (χ3n) is 4.42. The Morgan fingerprint density at radius 2 is 2.00 bits per heavy atom. The Hall–Kier alpha value is -2.87. The fourth-order valence-corrected chi connectivity index (χ4v) is 2.98. The second-order valence-electron chi connectivity index (χ2n) is 6.00. The molecule has 2 heterocycles. The third-order valence-corrected chi connectivity index (χ3v) is 4.42. The number of rotatable bonds is 4. The molecule has 0 bridgehead atoms. The summed E-state index contributed by atoms with van der Waals surface area (Å²) in [7, 11) is 0. The monoisotopic (exact) mass is 320 g/mol. The Morgan fingerprint density at radius 3 is 2.62 bits per heavy atom. The van der Waals surface area contributed by atoms with E-state index >= 15 is 0 Å². The summed E-state index contributed by atoms with van der Waals surface area (Å²) in [6.07, 6.45) is 5.19. The quantitative estimate of drug-likeness (QED) is 0.939. The molecule has 1 aromatic carbocycles. The van der Waals surface area contributed by atoms with Gasteiger partial charge >= 0.3 is 0 Å². The first-order valence-electron chi connectivity index (χ1n) is 8.18. The summed E-state index contributed by atoms with van der Waals surface area (Å²) in [5.41, 5.74) is 2.80. The number of aromatic nitrogens is 1. The highest BCUT2D eigenvalue weighted by atomic mass is 16.1. The number of hydrogen-bond donors (Lipinski definition) is 1. The second kappa shape index (κ2) is 7.60. The number of hydrogen-bond acceptors (Lipinski definition) is 4. The van der Waals surface area contributed by atoms with Crippen LogP contribution in [-0.4, -0.2) is 24.0 Å². The predicted molar refractivity (Wildman–Crippen MR) is 92.2 cm³/mol. The Bertz CT molecular complexity index is 713. The first-order chi connectivity index (χ1) is 11.8. The molecule has 0 saturated carbocycles. The molecule has 3 rings (SSSR count). The van der Waals surface area contributed by atoms with Crippen molar-refractivity contribution in [3.05, 3.63) is 59.9 Å². The molecule has 122 valence electrons. The molecule has 5 nitrogen and oxygen atoms in total. The lowest BCUT2D eigenvalue weighted by molar-refractivity contribution is -0.125. The Labute approximate surface area is 141 Å². The van der Waals surface area contributed by atoms with Gasteiger partial charge in [-0.05, 0) is 48.7 Å². The number of nitrogens with zero attached hydrogens (tertiary/aromatic N) is 3. The van der Waals surface area contributed by atoms with E-state index in [1.54, 1.807) is 12.4 Å². The van der Waals surface area contributed by atoms with E-state index < -0.39 is 0 Å². The first kappa shape index (κ1) is 16.0. The number of nitrogens with one attached hydrogen (secondary N) is 1. The van der Waals surface area contributed by atoms with Crippen LogP contribution in [0.25, 0.3) is 0 Å². The van der Waals surface area contributed by atoms with Crippen LogP contribution in [0.3, 0.4) is 0 Å². The Morgan fingerprint density at radius 1 is 1.25 bits per heavy atom. The van der Waals surface area contributed by atoms with Gasteiger partial charge < -0.3 is 10.2 Å². The molecule has 0 unspecified atom stereocenters. The minimum atomic E-state index is 0.0660. The zero-order valence-corrected chi connectivity index (χ0v) is 13.5. The third kappa shape index (κ3) is 3.90. The summed E-state index contributed by atoms with van der Waals surface area (Å²) < 4.78 is 0. The van der Waals surface area contributed by atoms with Gasteiger partial charge in [-0.1, -0.05) is 6.07 Å². The number of anilines is 1. The van der Waals surface area contributed by atoms with Gasteiger partial charge in [0.25, 0.3) is 0 Å². The lowest BCUT2D eigenvalue weighted by atomic mass is 9.95. The topological polar surface area (TPSA) is 69.0 Å². The second-order valence-corrected chi connectivity index (χ2v) is 6.00. The summed E-state index contributed by atoms with van der Waals surface area (Å²) in [5.74, 6) is 0.189. The summed E-state index contributed by atoms with van der Waals surface area (Å²) >= 11 is 0. The minimum absolute atomic E-state index is 0.0660. The molecular weight excluding hydrogens is 300 g/mol. The van der Waals surface area contributed by atoms with Crippen LogP contribution in [0.2, 0.25) is 0 Å². The highest BCUT2D eigenvalue weighted by Gasteiger charge is 2.24. The fourth-order valence-electron chi connectivity index (χ4n) is 2.98. The van der Waals surface area contributed by atoms with Crippen molar-refractivity contribution in [1.29, 1.82) is 5.26 Å². The number of carbonyl (C=O) groups excluding carboxylic acids is 1. The van der Waals surface area contributed by atoms with Gasteiger partial charge in [-0.15, -0.1) is 0 Å². The van der Waals surface area contributed by atoms with Crippen LogP contribution in [0.5, 0.6) is 0 Å². The number of benzene rings is 1. The largest absolute Gasteiger partial charge is 0.371 e. The lowest BCUT2D eigenvalue weighted by Gasteiger charge is -2.33. The molecule has 1 amide bonds. The van der Waals surface area contributed by atoms with Crippen molar-refractivity contribution in [1.82, 2.24) is 10.3 Å². The predicted octanol–water partition coefficient (Wildman–Crippen LogP) is 2.49. The van der Waals surface area contributed by atoms with Crippen molar-refractivity contribution in [2.45, 2.75) is 19.4 Å². The molecule has 1 aliphatic rings. The van der Waals surface area contributed by atoms with Crippen LogP contribution in [-0.2, 0) is 11.3 Å². The molecule has 0 spiro atoms. The van der Waals surface area contributed by atoms with Gasteiger partial charge in [-0.3, -0.25) is 9.78 Å². The van der Waals surface area contributed by atoms with Crippen molar-refractivity contribution in [2.75, 3.05) is 18.0 Å². The van der Waals surface area contributed by atoms with E-state index in [9.17, 15) is 4.79 Å². The summed E-state index contributed by atoms with van der Waals surface area (Å²) in [6.45, 7) is 2.25. The molecule has 0 atom stereocenters.